The molecule has 0 bridgehead atoms. The first-order valence-corrected chi connectivity index (χ1v) is 8.78. The predicted octanol–water partition coefficient (Wildman–Crippen LogP) is 2.48. The standard InChI is InChI=1S/C19H27FN2O3/c1-14(2)11-18(23)21-7-4-8-22(10-9-21)19(24)13-15-5-6-17(25-3)16(20)12-15/h5-6,12,14H,4,7-11,13H2,1-3H3. The fraction of sp³-hybridized carbons (Fsp3) is 0.579. The van der Waals surface area contributed by atoms with Gasteiger partial charge < -0.3 is 14.5 Å². The zero-order valence-corrected chi connectivity index (χ0v) is 15.3. The molecule has 5 nitrogen and oxygen atoms in total. The highest BCUT2D eigenvalue weighted by Crippen LogP contribution is 2.18. The highest BCUT2D eigenvalue weighted by atomic mass is 19.1. The van der Waals surface area contributed by atoms with Gasteiger partial charge in [-0.25, -0.2) is 4.39 Å². The van der Waals surface area contributed by atoms with Gasteiger partial charge in [-0.05, 0) is 30.0 Å². The van der Waals surface area contributed by atoms with E-state index in [1.54, 1.807) is 11.0 Å². The molecule has 0 unspecified atom stereocenters. The van der Waals surface area contributed by atoms with E-state index in [1.165, 1.54) is 19.2 Å². The maximum absolute atomic E-state index is 13.8. The van der Waals surface area contributed by atoms with Gasteiger partial charge in [0.15, 0.2) is 11.6 Å². The summed E-state index contributed by atoms with van der Waals surface area (Å²) in [5, 5.41) is 0. The number of hydrogen-bond acceptors (Lipinski definition) is 3. The fourth-order valence-electron chi connectivity index (χ4n) is 3.00. The molecule has 2 rings (SSSR count). The predicted molar refractivity (Wildman–Crippen MR) is 93.9 cm³/mol. The first-order valence-electron chi connectivity index (χ1n) is 8.78. The lowest BCUT2D eigenvalue weighted by molar-refractivity contribution is -0.133. The monoisotopic (exact) mass is 350 g/mol. The molecular weight excluding hydrogens is 323 g/mol. The number of carbonyl (C=O) groups excluding carboxylic acids is 2. The van der Waals surface area contributed by atoms with Crippen LogP contribution in [-0.2, 0) is 16.0 Å². The fourth-order valence-corrected chi connectivity index (χ4v) is 3.00. The van der Waals surface area contributed by atoms with E-state index in [2.05, 4.69) is 0 Å². The normalized spacial score (nSPS) is 15.2. The van der Waals surface area contributed by atoms with E-state index in [4.69, 9.17) is 4.74 Å². The van der Waals surface area contributed by atoms with Crippen molar-refractivity contribution in [2.75, 3.05) is 33.3 Å². The number of halogens is 1. The lowest BCUT2D eigenvalue weighted by Gasteiger charge is -2.23. The van der Waals surface area contributed by atoms with E-state index in [0.717, 1.165) is 6.42 Å². The SMILES string of the molecule is COc1ccc(CC(=O)N2CCCN(C(=O)CC(C)C)CC2)cc1F. The molecule has 6 heteroatoms. The van der Waals surface area contributed by atoms with Crippen LogP contribution in [0.25, 0.3) is 0 Å². The summed E-state index contributed by atoms with van der Waals surface area (Å²) in [5.41, 5.74) is 0.625. The molecule has 1 aliphatic heterocycles. The van der Waals surface area contributed by atoms with Gasteiger partial charge in [0, 0.05) is 32.6 Å². The van der Waals surface area contributed by atoms with Gasteiger partial charge in [-0.15, -0.1) is 0 Å². The summed E-state index contributed by atoms with van der Waals surface area (Å²) >= 11 is 0. The molecule has 25 heavy (non-hydrogen) atoms. The minimum Gasteiger partial charge on any atom is -0.494 e. The lowest BCUT2D eigenvalue weighted by atomic mass is 10.1. The van der Waals surface area contributed by atoms with Crippen LogP contribution >= 0.6 is 0 Å². The molecule has 0 aliphatic carbocycles. The molecule has 0 saturated carbocycles. The van der Waals surface area contributed by atoms with E-state index >= 15 is 0 Å². The number of methoxy groups -OCH3 is 1. The van der Waals surface area contributed by atoms with Crippen molar-refractivity contribution in [1.82, 2.24) is 9.80 Å². The Morgan fingerprint density at radius 3 is 2.32 bits per heavy atom. The van der Waals surface area contributed by atoms with Crippen molar-refractivity contribution in [3.8, 4) is 5.75 Å². The first-order chi connectivity index (χ1) is 11.9. The Balaban J connectivity index is 1.92. The smallest absolute Gasteiger partial charge is 0.227 e. The maximum atomic E-state index is 13.8. The van der Waals surface area contributed by atoms with Crippen LogP contribution in [0.2, 0.25) is 0 Å². The molecule has 1 aromatic rings. The van der Waals surface area contributed by atoms with Crippen molar-refractivity contribution in [3.05, 3.63) is 29.6 Å². The molecule has 0 radical (unpaired) electrons. The summed E-state index contributed by atoms with van der Waals surface area (Å²) in [7, 11) is 1.41. The number of ether oxygens (including phenoxy) is 1. The summed E-state index contributed by atoms with van der Waals surface area (Å²) < 4.78 is 18.6. The molecular formula is C19H27FN2O3. The quantitative estimate of drug-likeness (QED) is 0.820. The van der Waals surface area contributed by atoms with Gasteiger partial charge in [-0.1, -0.05) is 19.9 Å². The van der Waals surface area contributed by atoms with E-state index in [-0.39, 0.29) is 24.0 Å². The second-order valence-corrected chi connectivity index (χ2v) is 6.86. The van der Waals surface area contributed by atoms with Gasteiger partial charge in [0.2, 0.25) is 11.8 Å². The van der Waals surface area contributed by atoms with Crippen molar-refractivity contribution in [1.29, 1.82) is 0 Å². The van der Waals surface area contributed by atoms with E-state index in [9.17, 15) is 14.0 Å². The number of hydrogen-bond donors (Lipinski definition) is 0. The van der Waals surface area contributed by atoms with Crippen LogP contribution in [0.3, 0.4) is 0 Å². The van der Waals surface area contributed by atoms with Gasteiger partial charge in [-0.3, -0.25) is 9.59 Å². The van der Waals surface area contributed by atoms with Crippen LogP contribution < -0.4 is 4.74 Å². The summed E-state index contributed by atoms with van der Waals surface area (Å²) in [5.74, 6) is 0.155. The lowest BCUT2D eigenvalue weighted by Crippen LogP contribution is -2.38. The Morgan fingerprint density at radius 1 is 1.12 bits per heavy atom. The third-order valence-electron chi connectivity index (χ3n) is 4.36. The molecule has 0 aromatic heterocycles. The van der Waals surface area contributed by atoms with Crippen molar-refractivity contribution in [3.63, 3.8) is 0 Å². The Morgan fingerprint density at radius 2 is 1.76 bits per heavy atom. The van der Waals surface area contributed by atoms with E-state index in [1.807, 2.05) is 18.7 Å². The molecule has 138 valence electrons. The molecule has 0 spiro atoms. The van der Waals surface area contributed by atoms with Crippen LogP contribution in [0, 0.1) is 11.7 Å². The average molecular weight is 350 g/mol. The van der Waals surface area contributed by atoms with Gasteiger partial charge in [0.25, 0.3) is 0 Å². The van der Waals surface area contributed by atoms with E-state index < -0.39 is 5.82 Å². The largest absolute Gasteiger partial charge is 0.494 e. The van der Waals surface area contributed by atoms with Crippen LogP contribution in [0.15, 0.2) is 18.2 Å². The molecule has 1 aliphatic rings. The maximum Gasteiger partial charge on any atom is 0.227 e. The van der Waals surface area contributed by atoms with Crippen LogP contribution in [0.5, 0.6) is 5.75 Å². The highest BCUT2D eigenvalue weighted by Gasteiger charge is 2.22. The van der Waals surface area contributed by atoms with Crippen molar-refractivity contribution in [2.24, 2.45) is 5.92 Å². The molecule has 2 amide bonds. The zero-order valence-electron chi connectivity index (χ0n) is 15.3. The minimum absolute atomic E-state index is 0.0391. The van der Waals surface area contributed by atoms with Crippen molar-refractivity contribution < 1.29 is 18.7 Å². The van der Waals surface area contributed by atoms with Crippen LogP contribution in [0.1, 0.15) is 32.3 Å². The number of rotatable bonds is 5. The number of nitrogens with zero attached hydrogens (tertiary/aromatic N) is 2. The third-order valence-corrected chi connectivity index (χ3v) is 4.36. The molecule has 0 N–H and O–H groups in total. The van der Waals surface area contributed by atoms with Crippen LogP contribution in [-0.4, -0.2) is 54.9 Å². The Kier molecular flexibility index (Phi) is 6.79. The molecule has 0 atom stereocenters. The second kappa shape index (κ2) is 8.83. The van der Waals surface area contributed by atoms with Gasteiger partial charge >= 0.3 is 0 Å². The van der Waals surface area contributed by atoms with Gasteiger partial charge in [0.1, 0.15) is 0 Å². The molecule has 1 aromatic carbocycles. The summed E-state index contributed by atoms with van der Waals surface area (Å²) in [4.78, 5) is 28.3. The number of amides is 2. The highest BCUT2D eigenvalue weighted by molar-refractivity contribution is 5.79. The van der Waals surface area contributed by atoms with Crippen molar-refractivity contribution >= 4 is 11.8 Å². The molecule has 1 saturated heterocycles. The Labute approximate surface area is 148 Å². The topological polar surface area (TPSA) is 49.9 Å². The second-order valence-electron chi connectivity index (χ2n) is 6.86. The third kappa shape index (κ3) is 5.44. The molecule has 1 fully saturated rings. The summed E-state index contributed by atoms with van der Waals surface area (Å²) in [6.45, 7) is 6.46. The minimum atomic E-state index is -0.464. The van der Waals surface area contributed by atoms with E-state index in [0.29, 0.717) is 44.1 Å². The Hall–Kier alpha value is -2.11. The van der Waals surface area contributed by atoms with Crippen LogP contribution in [0.4, 0.5) is 4.39 Å². The summed E-state index contributed by atoms with van der Waals surface area (Å²) in [6, 6.07) is 4.58. The first kappa shape index (κ1) is 19.2. The number of benzene rings is 1. The number of carbonyl (C=O) groups is 2. The summed E-state index contributed by atoms with van der Waals surface area (Å²) in [6.07, 6.45) is 1.46. The average Bonchev–Trinajstić information content (AvgIpc) is 2.80. The Bertz CT molecular complexity index is 619. The van der Waals surface area contributed by atoms with Gasteiger partial charge in [-0.2, -0.15) is 0 Å². The van der Waals surface area contributed by atoms with Crippen molar-refractivity contribution in [2.45, 2.75) is 33.1 Å². The zero-order chi connectivity index (χ0) is 18.4. The molecule has 1 heterocycles. The van der Waals surface area contributed by atoms with Gasteiger partial charge in [0.05, 0.1) is 13.5 Å².